The van der Waals surface area contributed by atoms with Crippen molar-refractivity contribution in [3.8, 4) is 0 Å². The predicted octanol–water partition coefficient (Wildman–Crippen LogP) is 3.94. The number of para-hydroxylation sites is 2. The molecule has 5 rings (SSSR count). The number of amides is 1. The number of piperazine rings is 1. The molecule has 134 valence electrons. The van der Waals surface area contributed by atoms with Gasteiger partial charge in [0.15, 0.2) is 5.58 Å². The lowest BCUT2D eigenvalue weighted by atomic mass is 10.1. The minimum Gasteiger partial charge on any atom is -0.423 e. The quantitative estimate of drug-likeness (QED) is 0.545. The van der Waals surface area contributed by atoms with Crippen LogP contribution in [-0.4, -0.2) is 42.0 Å². The second-order valence-corrected chi connectivity index (χ2v) is 6.81. The third kappa shape index (κ3) is 2.91. The van der Waals surface area contributed by atoms with Crippen molar-refractivity contribution in [3.63, 3.8) is 0 Å². The highest BCUT2D eigenvalue weighted by molar-refractivity contribution is 5.98. The number of benzene rings is 3. The molecular formula is C22H19N3O2. The van der Waals surface area contributed by atoms with Crippen LogP contribution in [0.15, 0.2) is 71.1 Å². The van der Waals surface area contributed by atoms with Crippen LogP contribution in [0.5, 0.6) is 0 Å². The van der Waals surface area contributed by atoms with Gasteiger partial charge < -0.3 is 14.2 Å². The molecule has 1 aromatic heterocycles. The number of carbonyl (C=O) groups is 1. The van der Waals surface area contributed by atoms with Crippen molar-refractivity contribution in [2.75, 3.05) is 31.1 Å². The number of hydrogen-bond acceptors (Lipinski definition) is 4. The topological polar surface area (TPSA) is 49.6 Å². The number of carbonyl (C=O) groups excluding carboxylic acids is 1. The van der Waals surface area contributed by atoms with Gasteiger partial charge in [-0.3, -0.25) is 4.79 Å². The highest BCUT2D eigenvalue weighted by Crippen LogP contribution is 2.23. The average Bonchev–Trinajstić information content (AvgIpc) is 3.17. The zero-order chi connectivity index (χ0) is 18.2. The summed E-state index contributed by atoms with van der Waals surface area (Å²) in [5.41, 5.74) is 2.40. The first-order valence-corrected chi connectivity index (χ1v) is 9.16. The molecule has 0 radical (unpaired) electrons. The maximum atomic E-state index is 12.9. The molecule has 4 aromatic rings. The van der Waals surface area contributed by atoms with Gasteiger partial charge in [-0.15, -0.1) is 0 Å². The molecule has 5 nitrogen and oxygen atoms in total. The summed E-state index contributed by atoms with van der Waals surface area (Å²) in [6, 6.07) is 22.4. The normalized spacial score (nSPS) is 14.8. The fourth-order valence-electron chi connectivity index (χ4n) is 3.60. The molecule has 1 aliphatic heterocycles. The molecule has 1 amide bonds. The van der Waals surface area contributed by atoms with Crippen LogP contribution in [0.4, 0.5) is 6.01 Å². The van der Waals surface area contributed by atoms with E-state index in [1.54, 1.807) is 0 Å². The highest BCUT2D eigenvalue weighted by atomic mass is 16.4. The Morgan fingerprint density at radius 3 is 2.41 bits per heavy atom. The SMILES string of the molecule is O=C(c1ccc2ccccc2c1)N1CCN(c2nc3ccccc3o2)CC1. The molecule has 0 bridgehead atoms. The van der Waals surface area contributed by atoms with E-state index in [1.807, 2.05) is 65.6 Å². The molecular weight excluding hydrogens is 338 g/mol. The minimum atomic E-state index is 0.0815. The summed E-state index contributed by atoms with van der Waals surface area (Å²) in [6.07, 6.45) is 0. The second-order valence-electron chi connectivity index (χ2n) is 6.81. The van der Waals surface area contributed by atoms with Crippen LogP contribution in [0.25, 0.3) is 21.9 Å². The molecule has 27 heavy (non-hydrogen) atoms. The Kier molecular flexibility index (Phi) is 3.78. The van der Waals surface area contributed by atoms with Gasteiger partial charge in [0.05, 0.1) is 0 Å². The Labute approximate surface area is 156 Å². The van der Waals surface area contributed by atoms with E-state index in [0.29, 0.717) is 32.2 Å². The lowest BCUT2D eigenvalue weighted by Crippen LogP contribution is -2.48. The smallest absolute Gasteiger partial charge is 0.298 e. The van der Waals surface area contributed by atoms with Gasteiger partial charge in [-0.05, 0) is 35.0 Å². The summed E-state index contributed by atoms with van der Waals surface area (Å²) in [5, 5.41) is 2.24. The Bertz CT molecular complexity index is 1090. The van der Waals surface area contributed by atoms with Crippen molar-refractivity contribution in [3.05, 3.63) is 72.3 Å². The Hall–Kier alpha value is -3.34. The molecule has 5 heteroatoms. The van der Waals surface area contributed by atoms with Crippen molar-refractivity contribution >= 4 is 33.8 Å². The van der Waals surface area contributed by atoms with E-state index in [9.17, 15) is 4.79 Å². The van der Waals surface area contributed by atoms with Gasteiger partial charge in [-0.2, -0.15) is 4.98 Å². The van der Waals surface area contributed by atoms with E-state index in [4.69, 9.17) is 4.42 Å². The summed E-state index contributed by atoms with van der Waals surface area (Å²) in [5.74, 6) is 0.0815. The maximum Gasteiger partial charge on any atom is 0.298 e. The number of fused-ring (bicyclic) bond motifs is 2. The number of anilines is 1. The number of rotatable bonds is 2. The molecule has 2 heterocycles. The number of aromatic nitrogens is 1. The van der Waals surface area contributed by atoms with E-state index in [0.717, 1.165) is 27.4 Å². The zero-order valence-electron chi connectivity index (χ0n) is 14.8. The number of hydrogen-bond donors (Lipinski definition) is 0. The summed E-state index contributed by atoms with van der Waals surface area (Å²) < 4.78 is 5.85. The summed E-state index contributed by atoms with van der Waals surface area (Å²) in [7, 11) is 0. The Balaban J connectivity index is 1.31. The maximum absolute atomic E-state index is 12.9. The van der Waals surface area contributed by atoms with Crippen molar-refractivity contribution in [2.45, 2.75) is 0 Å². The fourth-order valence-corrected chi connectivity index (χ4v) is 3.60. The zero-order valence-corrected chi connectivity index (χ0v) is 14.8. The largest absolute Gasteiger partial charge is 0.423 e. The molecule has 0 spiro atoms. The van der Waals surface area contributed by atoms with Crippen LogP contribution in [0, 0.1) is 0 Å². The standard InChI is InChI=1S/C22H19N3O2/c26-21(18-10-9-16-5-1-2-6-17(16)15-18)24-11-13-25(14-12-24)22-23-19-7-3-4-8-20(19)27-22/h1-10,15H,11-14H2. The average molecular weight is 357 g/mol. The summed E-state index contributed by atoms with van der Waals surface area (Å²) in [4.78, 5) is 21.5. The highest BCUT2D eigenvalue weighted by Gasteiger charge is 2.24. The van der Waals surface area contributed by atoms with Crippen LogP contribution < -0.4 is 4.90 Å². The fraction of sp³-hybridized carbons (Fsp3) is 0.182. The Morgan fingerprint density at radius 1 is 0.852 bits per heavy atom. The molecule has 1 aliphatic rings. The molecule has 1 saturated heterocycles. The van der Waals surface area contributed by atoms with E-state index in [1.165, 1.54) is 0 Å². The van der Waals surface area contributed by atoms with Crippen LogP contribution in [0.1, 0.15) is 10.4 Å². The lowest BCUT2D eigenvalue weighted by Gasteiger charge is -2.33. The van der Waals surface area contributed by atoms with Crippen molar-refractivity contribution in [1.29, 1.82) is 0 Å². The predicted molar refractivity (Wildman–Crippen MR) is 106 cm³/mol. The third-order valence-electron chi connectivity index (χ3n) is 5.12. The molecule has 0 saturated carbocycles. The van der Waals surface area contributed by atoms with Gasteiger partial charge in [0.2, 0.25) is 0 Å². The number of nitrogens with zero attached hydrogens (tertiary/aromatic N) is 3. The first-order valence-electron chi connectivity index (χ1n) is 9.16. The minimum absolute atomic E-state index is 0.0815. The monoisotopic (exact) mass is 357 g/mol. The molecule has 0 atom stereocenters. The van der Waals surface area contributed by atoms with E-state index >= 15 is 0 Å². The molecule has 0 N–H and O–H groups in total. The lowest BCUT2D eigenvalue weighted by molar-refractivity contribution is 0.0745. The van der Waals surface area contributed by atoms with Crippen molar-refractivity contribution in [1.82, 2.24) is 9.88 Å². The molecule has 0 aliphatic carbocycles. The van der Waals surface area contributed by atoms with Crippen molar-refractivity contribution < 1.29 is 9.21 Å². The second kappa shape index (κ2) is 6.43. The summed E-state index contributed by atoms with van der Waals surface area (Å²) in [6.45, 7) is 2.74. The molecule has 3 aromatic carbocycles. The molecule has 1 fully saturated rings. The summed E-state index contributed by atoms with van der Waals surface area (Å²) >= 11 is 0. The van der Waals surface area contributed by atoms with Gasteiger partial charge in [0, 0.05) is 31.7 Å². The Morgan fingerprint density at radius 2 is 1.59 bits per heavy atom. The number of oxazole rings is 1. The first kappa shape index (κ1) is 15.9. The van der Waals surface area contributed by atoms with Crippen LogP contribution >= 0.6 is 0 Å². The van der Waals surface area contributed by atoms with E-state index < -0.39 is 0 Å². The van der Waals surface area contributed by atoms with E-state index in [2.05, 4.69) is 16.0 Å². The van der Waals surface area contributed by atoms with E-state index in [-0.39, 0.29) is 5.91 Å². The first-order chi connectivity index (χ1) is 13.3. The van der Waals surface area contributed by atoms with Crippen LogP contribution in [-0.2, 0) is 0 Å². The van der Waals surface area contributed by atoms with Crippen LogP contribution in [0.2, 0.25) is 0 Å². The van der Waals surface area contributed by atoms with Crippen molar-refractivity contribution in [2.24, 2.45) is 0 Å². The van der Waals surface area contributed by atoms with Crippen LogP contribution in [0.3, 0.4) is 0 Å². The van der Waals surface area contributed by atoms with Gasteiger partial charge in [0.1, 0.15) is 5.52 Å². The third-order valence-corrected chi connectivity index (χ3v) is 5.12. The van der Waals surface area contributed by atoms with Gasteiger partial charge in [-0.1, -0.05) is 42.5 Å². The van der Waals surface area contributed by atoms with Gasteiger partial charge >= 0.3 is 0 Å². The van der Waals surface area contributed by atoms with Gasteiger partial charge in [-0.25, -0.2) is 0 Å². The van der Waals surface area contributed by atoms with Gasteiger partial charge in [0.25, 0.3) is 11.9 Å². The molecule has 0 unspecified atom stereocenters.